The van der Waals surface area contributed by atoms with Gasteiger partial charge in [-0.25, -0.2) is 0 Å². The molecular weight excluding hydrogens is 184 g/mol. The molecule has 4 heteroatoms. The molecule has 0 aliphatic rings. The molecule has 0 amide bonds. The lowest BCUT2D eigenvalue weighted by atomic mass is 9.94. The summed E-state index contributed by atoms with van der Waals surface area (Å²) in [6.07, 6.45) is 1.41. The molecule has 0 aromatic heterocycles. The summed E-state index contributed by atoms with van der Waals surface area (Å²) in [6.45, 7) is 6.55. The van der Waals surface area contributed by atoms with Crippen molar-refractivity contribution in [2.24, 2.45) is 11.8 Å². The number of carbonyl (C=O) groups excluding carboxylic acids is 1. The molecule has 4 nitrogen and oxygen atoms in total. The summed E-state index contributed by atoms with van der Waals surface area (Å²) in [5.41, 5.74) is 0. The molecule has 0 aliphatic carbocycles. The number of carboxylic acid groups (broad SMARTS) is 1. The van der Waals surface area contributed by atoms with Gasteiger partial charge in [0, 0.05) is 13.7 Å². The fourth-order valence-corrected chi connectivity index (χ4v) is 1.28. The molecular formula is C10H20O4. The van der Waals surface area contributed by atoms with Crippen LogP contribution in [0.3, 0.4) is 0 Å². The fraction of sp³-hybridized carbons (Fsp3) is 0.800. The van der Waals surface area contributed by atoms with Crippen molar-refractivity contribution < 1.29 is 19.4 Å². The first-order valence-corrected chi connectivity index (χ1v) is 4.62. The lowest BCUT2D eigenvalue weighted by Gasteiger charge is -2.14. The van der Waals surface area contributed by atoms with E-state index in [1.54, 1.807) is 7.11 Å². The van der Waals surface area contributed by atoms with Crippen LogP contribution in [0.4, 0.5) is 0 Å². The quantitative estimate of drug-likeness (QED) is 0.713. The van der Waals surface area contributed by atoms with Crippen LogP contribution in [0.25, 0.3) is 0 Å². The molecule has 2 unspecified atom stereocenters. The smallest absolute Gasteiger partial charge is 0.306 e. The molecule has 1 N–H and O–H groups in total. The van der Waals surface area contributed by atoms with Gasteiger partial charge in [0.2, 0.25) is 0 Å². The molecule has 14 heavy (non-hydrogen) atoms. The number of aliphatic carboxylic acids is 1. The number of carbonyl (C=O) groups is 2. The molecule has 0 saturated carbocycles. The lowest BCUT2D eigenvalue weighted by molar-refractivity contribution is -0.142. The van der Waals surface area contributed by atoms with Crippen molar-refractivity contribution in [3.63, 3.8) is 0 Å². The van der Waals surface area contributed by atoms with E-state index in [9.17, 15) is 4.79 Å². The van der Waals surface area contributed by atoms with Crippen LogP contribution in [0.1, 0.15) is 26.7 Å². The van der Waals surface area contributed by atoms with Gasteiger partial charge in [-0.2, -0.15) is 0 Å². The Bertz CT molecular complexity index is 147. The molecule has 0 aliphatic heterocycles. The Morgan fingerprint density at radius 1 is 1.50 bits per heavy atom. The predicted octanol–water partition coefficient (Wildman–Crippen LogP) is 1.58. The number of hydrogen-bond acceptors (Lipinski definition) is 3. The summed E-state index contributed by atoms with van der Waals surface area (Å²) in [5.74, 6) is -0.577. The molecule has 0 rings (SSSR count). The Morgan fingerprint density at radius 2 is 2.00 bits per heavy atom. The van der Waals surface area contributed by atoms with E-state index in [0.29, 0.717) is 25.4 Å². The third-order valence-electron chi connectivity index (χ3n) is 1.98. The van der Waals surface area contributed by atoms with Crippen LogP contribution in [0, 0.1) is 11.8 Å². The van der Waals surface area contributed by atoms with Gasteiger partial charge in [0.1, 0.15) is 6.79 Å². The van der Waals surface area contributed by atoms with E-state index in [0.717, 1.165) is 0 Å². The molecule has 0 saturated heterocycles. The van der Waals surface area contributed by atoms with Gasteiger partial charge in [-0.1, -0.05) is 13.8 Å². The van der Waals surface area contributed by atoms with Gasteiger partial charge in [0.15, 0.2) is 0 Å². The summed E-state index contributed by atoms with van der Waals surface area (Å²) in [7, 11) is 1.64. The Balaban J connectivity index is 0. The van der Waals surface area contributed by atoms with Crippen molar-refractivity contribution >= 4 is 12.8 Å². The highest BCUT2D eigenvalue weighted by atomic mass is 16.5. The SMILES string of the molecule is C=O.CCC(CC(C)COC)C(=O)O. The summed E-state index contributed by atoms with van der Waals surface area (Å²) >= 11 is 0. The van der Waals surface area contributed by atoms with Crippen LogP contribution < -0.4 is 0 Å². The van der Waals surface area contributed by atoms with Gasteiger partial charge in [-0.05, 0) is 18.8 Å². The highest BCUT2D eigenvalue weighted by molar-refractivity contribution is 5.69. The van der Waals surface area contributed by atoms with E-state index in [4.69, 9.17) is 14.6 Å². The van der Waals surface area contributed by atoms with E-state index < -0.39 is 5.97 Å². The fourth-order valence-electron chi connectivity index (χ4n) is 1.28. The third-order valence-corrected chi connectivity index (χ3v) is 1.98. The van der Waals surface area contributed by atoms with Crippen molar-refractivity contribution in [3.05, 3.63) is 0 Å². The van der Waals surface area contributed by atoms with E-state index >= 15 is 0 Å². The molecule has 0 aromatic carbocycles. The standard InChI is InChI=1S/C9H18O3.CH2O/c1-4-8(9(10)11)5-7(2)6-12-3;1-2/h7-8H,4-6H2,1-3H3,(H,10,11);1H2. The van der Waals surface area contributed by atoms with Crippen LogP contribution in [-0.2, 0) is 14.3 Å². The average molecular weight is 204 g/mol. The Hall–Kier alpha value is -0.900. The van der Waals surface area contributed by atoms with Crippen LogP contribution in [0.15, 0.2) is 0 Å². The Morgan fingerprint density at radius 3 is 2.29 bits per heavy atom. The minimum absolute atomic E-state index is 0.213. The zero-order valence-electron chi connectivity index (χ0n) is 9.16. The minimum atomic E-state index is -0.694. The zero-order valence-corrected chi connectivity index (χ0v) is 9.16. The summed E-state index contributed by atoms with van der Waals surface area (Å²) in [4.78, 5) is 18.6. The summed E-state index contributed by atoms with van der Waals surface area (Å²) in [6, 6.07) is 0. The number of hydrogen-bond donors (Lipinski definition) is 1. The first-order chi connectivity index (χ1) is 6.61. The molecule has 84 valence electrons. The Kier molecular flexibility index (Phi) is 11.3. The average Bonchev–Trinajstić information content (AvgIpc) is 2.17. The monoisotopic (exact) mass is 204 g/mol. The molecule has 0 aromatic rings. The second-order valence-electron chi connectivity index (χ2n) is 3.24. The maximum atomic E-state index is 10.6. The number of rotatable bonds is 6. The molecule has 2 atom stereocenters. The zero-order chi connectivity index (χ0) is 11.6. The van der Waals surface area contributed by atoms with Crippen molar-refractivity contribution in [1.82, 2.24) is 0 Å². The van der Waals surface area contributed by atoms with Crippen molar-refractivity contribution in [1.29, 1.82) is 0 Å². The van der Waals surface area contributed by atoms with Gasteiger partial charge in [0.25, 0.3) is 0 Å². The van der Waals surface area contributed by atoms with Crippen molar-refractivity contribution in [2.45, 2.75) is 26.7 Å². The van der Waals surface area contributed by atoms with Crippen molar-refractivity contribution in [3.8, 4) is 0 Å². The van der Waals surface area contributed by atoms with Crippen LogP contribution in [0.5, 0.6) is 0 Å². The minimum Gasteiger partial charge on any atom is -0.481 e. The summed E-state index contributed by atoms with van der Waals surface area (Å²) < 4.78 is 4.94. The predicted molar refractivity (Wildman–Crippen MR) is 54.2 cm³/mol. The molecule has 0 fully saturated rings. The highest BCUT2D eigenvalue weighted by Crippen LogP contribution is 2.15. The lowest BCUT2D eigenvalue weighted by Crippen LogP contribution is -2.18. The van der Waals surface area contributed by atoms with Gasteiger partial charge < -0.3 is 14.6 Å². The molecule has 0 radical (unpaired) electrons. The van der Waals surface area contributed by atoms with Gasteiger partial charge in [-0.3, -0.25) is 4.79 Å². The van der Waals surface area contributed by atoms with Gasteiger partial charge >= 0.3 is 5.97 Å². The second kappa shape index (κ2) is 10.2. The Labute approximate surface area is 85.3 Å². The van der Waals surface area contributed by atoms with Crippen molar-refractivity contribution in [2.75, 3.05) is 13.7 Å². The molecule has 0 heterocycles. The topological polar surface area (TPSA) is 63.6 Å². The maximum Gasteiger partial charge on any atom is 0.306 e. The van der Waals surface area contributed by atoms with Crippen LogP contribution in [0.2, 0.25) is 0 Å². The first-order valence-electron chi connectivity index (χ1n) is 4.62. The molecule has 0 spiro atoms. The molecule has 0 bridgehead atoms. The number of ether oxygens (including phenoxy) is 1. The van der Waals surface area contributed by atoms with Crippen LogP contribution in [-0.4, -0.2) is 31.6 Å². The largest absolute Gasteiger partial charge is 0.481 e. The van der Waals surface area contributed by atoms with Gasteiger partial charge in [0.05, 0.1) is 5.92 Å². The normalized spacial score (nSPS) is 13.6. The maximum absolute atomic E-state index is 10.6. The third kappa shape index (κ3) is 7.73. The van der Waals surface area contributed by atoms with E-state index in [-0.39, 0.29) is 5.92 Å². The highest BCUT2D eigenvalue weighted by Gasteiger charge is 2.17. The number of methoxy groups -OCH3 is 1. The van der Waals surface area contributed by atoms with Crippen LogP contribution >= 0.6 is 0 Å². The van der Waals surface area contributed by atoms with E-state index in [1.165, 1.54) is 0 Å². The first kappa shape index (κ1) is 15.6. The number of carboxylic acids is 1. The second-order valence-corrected chi connectivity index (χ2v) is 3.24. The summed E-state index contributed by atoms with van der Waals surface area (Å²) in [5, 5.41) is 8.75. The van der Waals surface area contributed by atoms with E-state index in [1.807, 2.05) is 20.6 Å². The van der Waals surface area contributed by atoms with E-state index in [2.05, 4.69) is 0 Å². The van der Waals surface area contributed by atoms with Gasteiger partial charge in [-0.15, -0.1) is 0 Å².